The Hall–Kier alpha value is -2.80. The molecule has 1 amide bonds. The zero-order valence-electron chi connectivity index (χ0n) is 10.9. The molecule has 4 nitrogen and oxygen atoms in total. The molecule has 1 N–H and O–H groups in total. The molecule has 0 fully saturated rings. The Morgan fingerprint density at radius 1 is 1.10 bits per heavy atom. The van der Waals surface area contributed by atoms with Gasteiger partial charge in [0.05, 0.1) is 12.5 Å². The third kappa shape index (κ3) is 3.15. The summed E-state index contributed by atoms with van der Waals surface area (Å²) in [6.07, 6.45) is 0.263. The molecule has 0 radical (unpaired) electrons. The molecule has 0 heterocycles. The average molecular weight is 266 g/mol. The van der Waals surface area contributed by atoms with E-state index in [9.17, 15) is 9.90 Å². The molecule has 0 aliphatic carbocycles. The Bertz CT molecular complexity index is 615. The van der Waals surface area contributed by atoms with Crippen LogP contribution < -0.4 is 4.90 Å². The molecular weight excluding hydrogens is 252 g/mol. The fourth-order valence-electron chi connectivity index (χ4n) is 1.88. The van der Waals surface area contributed by atoms with Crippen molar-refractivity contribution in [2.75, 3.05) is 11.4 Å². The van der Waals surface area contributed by atoms with Crippen molar-refractivity contribution >= 4 is 11.6 Å². The first kappa shape index (κ1) is 13.6. The normalized spacial score (nSPS) is 9.75. The molecule has 0 unspecified atom stereocenters. The van der Waals surface area contributed by atoms with Crippen LogP contribution in [0.15, 0.2) is 54.6 Å². The van der Waals surface area contributed by atoms with E-state index in [1.165, 1.54) is 12.1 Å². The summed E-state index contributed by atoms with van der Waals surface area (Å²) >= 11 is 0. The van der Waals surface area contributed by atoms with Gasteiger partial charge in [-0.25, -0.2) is 0 Å². The number of para-hydroxylation sites is 1. The molecule has 2 aromatic carbocycles. The van der Waals surface area contributed by atoms with E-state index in [1.807, 2.05) is 36.4 Å². The Morgan fingerprint density at radius 3 is 2.35 bits per heavy atom. The second-order valence-electron chi connectivity index (χ2n) is 4.25. The van der Waals surface area contributed by atoms with E-state index in [1.54, 1.807) is 17.0 Å². The van der Waals surface area contributed by atoms with Gasteiger partial charge in [-0.15, -0.1) is 0 Å². The third-order valence-electron chi connectivity index (χ3n) is 2.87. The number of benzene rings is 2. The Labute approximate surface area is 117 Å². The van der Waals surface area contributed by atoms with Crippen molar-refractivity contribution in [3.63, 3.8) is 0 Å². The third-order valence-corrected chi connectivity index (χ3v) is 2.87. The van der Waals surface area contributed by atoms with Crippen molar-refractivity contribution in [2.45, 2.75) is 6.42 Å². The number of aromatic hydroxyl groups is 1. The van der Waals surface area contributed by atoms with Crippen LogP contribution in [0.25, 0.3) is 0 Å². The lowest BCUT2D eigenvalue weighted by atomic mass is 10.1. The highest BCUT2D eigenvalue weighted by atomic mass is 16.3. The van der Waals surface area contributed by atoms with Crippen LogP contribution in [0.2, 0.25) is 0 Å². The van der Waals surface area contributed by atoms with E-state index in [0.717, 1.165) is 5.69 Å². The molecule has 0 aliphatic rings. The van der Waals surface area contributed by atoms with Gasteiger partial charge in [-0.2, -0.15) is 5.26 Å². The van der Waals surface area contributed by atoms with Gasteiger partial charge >= 0.3 is 0 Å². The smallest absolute Gasteiger partial charge is 0.258 e. The predicted molar refractivity (Wildman–Crippen MR) is 76.5 cm³/mol. The lowest BCUT2D eigenvalue weighted by Crippen LogP contribution is -2.31. The summed E-state index contributed by atoms with van der Waals surface area (Å²) in [6.45, 7) is 0.334. The van der Waals surface area contributed by atoms with Crippen molar-refractivity contribution in [3.05, 3.63) is 60.2 Å². The molecule has 100 valence electrons. The zero-order valence-corrected chi connectivity index (χ0v) is 10.9. The van der Waals surface area contributed by atoms with Gasteiger partial charge in [-0.05, 0) is 36.4 Å². The minimum Gasteiger partial charge on any atom is -0.508 e. The molecule has 4 heteroatoms. The van der Waals surface area contributed by atoms with Crippen molar-refractivity contribution in [2.24, 2.45) is 0 Å². The fraction of sp³-hybridized carbons (Fsp3) is 0.125. The van der Waals surface area contributed by atoms with Crippen molar-refractivity contribution in [3.8, 4) is 11.8 Å². The lowest BCUT2D eigenvalue weighted by molar-refractivity contribution is 0.0987. The number of carbonyl (C=O) groups excluding carboxylic acids is 1. The number of hydrogen-bond donors (Lipinski definition) is 1. The number of carbonyl (C=O) groups is 1. The number of anilines is 1. The maximum absolute atomic E-state index is 12.5. The van der Waals surface area contributed by atoms with Crippen LogP contribution >= 0.6 is 0 Å². The summed E-state index contributed by atoms with van der Waals surface area (Å²) in [4.78, 5) is 14.1. The van der Waals surface area contributed by atoms with E-state index in [-0.39, 0.29) is 18.1 Å². The van der Waals surface area contributed by atoms with Crippen molar-refractivity contribution in [1.29, 1.82) is 5.26 Å². The maximum Gasteiger partial charge on any atom is 0.258 e. The molecule has 0 bridgehead atoms. The minimum atomic E-state index is -0.188. The van der Waals surface area contributed by atoms with Gasteiger partial charge in [0.2, 0.25) is 0 Å². The quantitative estimate of drug-likeness (QED) is 0.925. The first-order chi connectivity index (χ1) is 9.72. The van der Waals surface area contributed by atoms with Crippen molar-refractivity contribution in [1.82, 2.24) is 0 Å². The summed E-state index contributed by atoms with van der Waals surface area (Å²) < 4.78 is 0. The van der Waals surface area contributed by atoms with E-state index in [0.29, 0.717) is 12.1 Å². The second-order valence-corrected chi connectivity index (χ2v) is 4.25. The van der Waals surface area contributed by atoms with Crippen LogP contribution in [0.1, 0.15) is 16.8 Å². The number of phenolic OH excluding ortho intramolecular Hbond substituents is 1. The van der Waals surface area contributed by atoms with E-state index in [2.05, 4.69) is 0 Å². The van der Waals surface area contributed by atoms with Gasteiger partial charge < -0.3 is 10.0 Å². The summed E-state index contributed by atoms with van der Waals surface area (Å²) in [6, 6.07) is 17.4. The predicted octanol–water partition coefficient (Wildman–Crippen LogP) is 2.95. The van der Waals surface area contributed by atoms with Crippen LogP contribution in [0.5, 0.6) is 5.75 Å². The molecular formula is C16H14N2O2. The number of nitriles is 1. The molecule has 0 saturated carbocycles. The fourth-order valence-corrected chi connectivity index (χ4v) is 1.88. The minimum absolute atomic E-state index is 0.116. The molecule has 0 atom stereocenters. The number of nitrogens with zero attached hydrogens (tertiary/aromatic N) is 2. The van der Waals surface area contributed by atoms with E-state index >= 15 is 0 Å². The number of hydrogen-bond acceptors (Lipinski definition) is 3. The molecule has 0 saturated heterocycles. The summed E-state index contributed by atoms with van der Waals surface area (Å²) in [5.41, 5.74) is 1.23. The molecule has 0 spiro atoms. The summed E-state index contributed by atoms with van der Waals surface area (Å²) in [7, 11) is 0. The van der Waals surface area contributed by atoms with Crippen LogP contribution in [-0.2, 0) is 0 Å². The number of amides is 1. The summed E-state index contributed by atoms with van der Waals surface area (Å²) in [5.74, 6) is -0.0729. The molecule has 0 aromatic heterocycles. The van der Waals surface area contributed by atoms with Crippen LogP contribution in [0.3, 0.4) is 0 Å². The summed E-state index contributed by atoms with van der Waals surface area (Å²) in [5, 5.41) is 18.0. The maximum atomic E-state index is 12.5. The van der Waals surface area contributed by atoms with Gasteiger partial charge in [0, 0.05) is 17.8 Å². The van der Waals surface area contributed by atoms with Gasteiger partial charge in [0.1, 0.15) is 5.75 Å². The monoisotopic (exact) mass is 266 g/mol. The van der Waals surface area contributed by atoms with E-state index < -0.39 is 0 Å². The largest absolute Gasteiger partial charge is 0.508 e. The molecule has 2 aromatic rings. The number of phenols is 1. The Kier molecular flexibility index (Phi) is 4.35. The Morgan fingerprint density at radius 2 is 1.75 bits per heavy atom. The van der Waals surface area contributed by atoms with Crippen LogP contribution in [0, 0.1) is 11.3 Å². The van der Waals surface area contributed by atoms with Crippen molar-refractivity contribution < 1.29 is 9.90 Å². The lowest BCUT2D eigenvalue weighted by Gasteiger charge is -2.21. The van der Waals surface area contributed by atoms with Crippen LogP contribution in [-0.4, -0.2) is 17.6 Å². The SMILES string of the molecule is N#CCCN(C(=O)c1ccc(O)cc1)c1ccccc1. The highest BCUT2D eigenvalue weighted by Gasteiger charge is 2.17. The highest BCUT2D eigenvalue weighted by Crippen LogP contribution is 2.18. The molecule has 0 aliphatic heterocycles. The van der Waals surface area contributed by atoms with E-state index in [4.69, 9.17) is 5.26 Å². The average Bonchev–Trinajstić information content (AvgIpc) is 2.49. The zero-order chi connectivity index (χ0) is 14.4. The standard InChI is InChI=1S/C16H14N2O2/c17-11-4-12-18(14-5-2-1-3-6-14)16(20)13-7-9-15(19)10-8-13/h1-3,5-10,19H,4,12H2. The van der Waals surface area contributed by atoms with Gasteiger partial charge in [0.15, 0.2) is 0 Å². The molecule has 2 rings (SSSR count). The first-order valence-corrected chi connectivity index (χ1v) is 6.25. The molecule has 20 heavy (non-hydrogen) atoms. The van der Waals surface area contributed by atoms with Crippen LogP contribution in [0.4, 0.5) is 5.69 Å². The second kappa shape index (κ2) is 6.39. The van der Waals surface area contributed by atoms with Gasteiger partial charge in [0.25, 0.3) is 5.91 Å². The highest BCUT2D eigenvalue weighted by molar-refractivity contribution is 6.06. The topological polar surface area (TPSA) is 64.3 Å². The Balaban J connectivity index is 2.29. The van der Waals surface area contributed by atoms with Gasteiger partial charge in [-0.3, -0.25) is 4.79 Å². The number of rotatable bonds is 4. The first-order valence-electron chi connectivity index (χ1n) is 6.25. The van der Waals surface area contributed by atoms with Gasteiger partial charge in [-0.1, -0.05) is 18.2 Å².